The lowest BCUT2D eigenvalue weighted by atomic mass is 10.2. The topological polar surface area (TPSA) is 51.5 Å². The molecule has 0 unspecified atom stereocenters. The minimum absolute atomic E-state index is 0.185. The molecule has 19 heavy (non-hydrogen) atoms. The Morgan fingerprint density at radius 2 is 2.11 bits per heavy atom. The summed E-state index contributed by atoms with van der Waals surface area (Å²) in [6.45, 7) is 1.86. The summed E-state index contributed by atoms with van der Waals surface area (Å²) >= 11 is 8.13. The molecule has 0 fully saturated rings. The zero-order chi connectivity index (χ0) is 14.2. The minimum atomic E-state index is -0.988. The largest absolute Gasteiger partial charge is 0.495 e. The number of methoxy groups -OCH3 is 1. The van der Waals surface area contributed by atoms with Crippen molar-refractivity contribution in [1.29, 1.82) is 0 Å². The van der Waals surface area contributed by atoms with Gasteiger partial charge in [0.15, 0.2) is 0 Å². The molecule has 2 rings (SSSR count). The number of rotatable bonds is 3. The van der Waals surface area contributed by atoms with Crippen LogP contribution >= 0.6 is 34.2 Å². The molecule has 1 aromatic carbocycles. The Kier molecular flexibility index (Phi) is 4.05. The van der Waals surface area contributed by atoms with Crippen molar-refractivity contribution in [3.63, 3.8) is 0 Å². The molecule has 6 heteroatoms. The highest BCUT2D eigenvalue weighted by Gasteiger charge is 2.17. The molecule has 0 radical (unpaired) electrons. The van der Waals surface area contributed by atoms with Gasteiger partial charge in [-0.3, -0.25) is 0 Å². The molecule has 2 aromatic rings. The summed E-state index contributed by atoms with van der Waals surface area (Å²) in [4.78, 5) is 11.3. The van der Waals surface area contributed by atoms with Crippen molar-refractivity contribution >= 4 is 40.2 Å². The molecule has 0 aliphatic rings. The van der Waals surface area contributed by atoms with Gasteiger partial charge in [0.1, 0.15) is 11.4 Å². The second kappa shape index (κ2) is 5.42. The highest BCUT2D eigenvalue weighted by molar-refractivity contribution is 14.1. The van der Waals surface area contributed by atoms with Gasteiger partial charge in [0.05, 0.1) is 12.8 Å². The number of aromatic carboxylic acids is 1. The lowest BCUT2D eigenvalue weighted by Crippen LogP contribution is -2.07. The van der Waals surface area contributed by atoms with Crippen molar-refractivity contribution < 1.29 is 14.6 Å². The Balaban J connectivity index is 2.71. The van der Waals surface area contributed by atoms with Crippen LogP contribution in [0.5, 0.6) is 5.75 Å². The second-order valence-electron chi connectivity index (χ2n) is 3.99. The van der Waals surface area contributed by atoms with E-state index in [-0.39, 0.29) is 5.69 Å². The fourth-order valence-electron chi connectivity index (χ4n) is 1.79. The molecular formula is C13H11ClINO3. The van der Waals surface area contributed by atoms with Crippen molar-refractivity contribution in [2.24, 2.45) is 0 Å². The van der Waals surface area contributed by atoms with Gasteiger partial charge in [-0.2, -0.15) is 0 Å². The molecule has 0 bridgehead atoms. The van der Waals surface area contributed by atoms with Crippen molar-refractivity contribution in [3.05, 3.63) is 44.2 Å². The van der Waals surface area contributed by atoms with E-state index in [9.17, 15) is 9.90 Å². The SMILES string of the molecule is COc1cc(Cl)c(C)cc1-n1cc(I)cc1C(=O)O. The number of carboxylic acids is 1. The molecule has 1 N–H and O–H groups in total. The van der Waals surface area contributed by atoms with Gasteiger partial charge in [-0.25, -0.2) is 4.79 Å². The number of hydrogen-bond acceptors (Lipinski definition) is 2. The number of ether oxygens (including phenoxy) is 1. The summed E-state index contributed by atoms with van der Waals surface area (Å²) in [6.07, 6.45) is 1.75. The van der Waals surface area contributed by atoms with Crippen LogP contribution in [0.25, 0.3) is 5.69 Å². The predicted molar refractivity (Wildman–Crippen MR) is 81.7 cm³/mol. The molecule has 0 spiro atoms. The second-order valence-corrected chi connectivity index (χ2v) is 5.64. The molecule has 4 nitrogen and oxygen atoms in total. The van der Waals surface area contributed by atoms with Gasteiger partial charge in [-0.05, 0) is 47.2 Å². The Morgan fingerprint density at radius 1 is 1.42 bits per heavy atom. The van der Waals surface area contributed by atoms with Crippen molar-refractivity contribution in [2.75, 3.05) is 7.11 Å². The number of aryl methyl sites for hydroxylation is 1. The summed E-state index contributed by atoms with van der Waals surface area (Å²) < 4.78 is 7.71. The molecular weight excluding hydrogens is 381 g/mol. The summed E-state index contributed by atoms with van der Waals surface area (Å²) in [5.41, 5.74) is 1.70. The average molecular weight is 392 g/mol. The van der Waals surface area contributed by atoms with E-state index in [2.05, 4.69) is 22.6 Å². The zero-order valence-corrected chi connectivity index (χ0v) is 13.2. The highest BCUT2D eigenvalue weighted by atomic mass is 127. The van der Waals surface area contributed by atoms with E-state index in [4.69, 9.17) is 16.3 Å². The van der Waals surface area contributed by atoms with E-state index in [0.717, 1.165) is 9.13 Å². The van der Waals surface area contributed by atoms with Crippen LogP contribution in [-0.4, -0.2) is 22.8 Å². The molecule has 0 saturated carbocycles. The van der Waals surface area contributed by atoms with E-state index >= 15 is 0 Å². The van der Waals surface area contributed by atoms with Gasteiger partial charge < -0.3 is 14.4 Å². The number of hydrogen-bond donors (Lipinski definition) is 1. The quantitative estimate of drug-likeness (QED) is 0.811. The number of carbonyl (C=O) groups is 1. The van der Waals surface area contributed by atoms with Crippen LogP contribution in [0.3, 0.4) is 0 Å². The molecule has 1 aromatic heterocycles. The van der Waals surface area contributed by atoms with Gasteiger partial charge >= 0.3 is 5.97 Å². The lowest BCUT2D eigenvalue weighted by Gasteiger charge is -2.13. The maximum absolute atomic E-state index is 11.3. The third kappa shape index (κ3) is 2.71. The van der Waals surface area contributed by atoms with E-state index in [1.165, 1.54) is 7.11 Å². The predicted octanol–water partition coefficient (Wildman–Crippen LogP) is 3.75. The smallest absolute Gasteiger partial charge is 0.352 e. The van der Waals surface area contributed by atoms with E-state index in [1.807, 2.05) is 13.0 Å². The van der Waals surface area contributed by atoms with Gasteiger partial charge in [-0.15, -0.1) is 0 Å². The van der Waals surface area contributed by atoms with Crippen molar-refractivity contribution in [3.8, 4) is 11.4 Å². The summed E-state index contributed by atoms with van der Waals surface area (Å²) in [7, 11) is 1.53. The molecule has 0 aliphatic heterocycles. The Hall–Kier alpha value is -1.21. The first kappa shape index (κ1) is 14.2. The maximum Gasteiger partial charge on any atom is 0.352 e. The fourth-order valence-corrected chi connectivity index (χ4v) is 2.52. The average Bonchev–Trinajstić information content (AvgIpc) is 2.74. The maximum atomic E-state index is 11.3. The summed E-state index contributed by atoms with van der Waals surface area (Å²) in [6, 6.07) is 5.10. The van der Waals surface area contributed by atoms with Crippen LogP contribution in [0, 0.1) is 10.5 Å². The fraction of sp³-hybridized carbons (Fsp3) is 0.154. The van der Waals surface area contributed by atoms with Gasteiger partial charge in [0, 0.05) is 20.9 Å². The van der Waals surface area contributed by atoms with Crippen LogP contribution in [-0.2, 0) is 0 Å². The first-order chi connectivity index (χ1) is 8.93. The first-order valence-electron chi connectivity index (χ1n) is 5.39. The molecule has 100 valence electrons. The number of aromatic nitrogens is 1. The normalized spacial score (nSPS) is 10.5. The van der Waals surface area contributed by atoms with Crippen LogP contribution in [0.4, 0.5) is 0 Å². The zero-order valence-electron chi connectivity index (χ0n) is 10.3. The van der Waals surface area contributed by atoms with Crippen molar-refractivity contribution in [2.45, 2.75) is 6.92 Å². The summed E-state index contributed by atoms with van der Waals surface area (Å²) in [5.74, 6) is -0.456. The molecule has 0 saturated heterocycles. The molecule has 0 atom stereocenters. The molecule has 1 heterocycles. The monoisotopic (exact) mass is 391 g/mol. The van der Waals surface area contributed by atoms with Crippen LogP contribution < -0.4 is 4.74 Å². The first-order valence-corrected chi connectivity index (χ1v) is 6.85. The third-order valence-corrected chi connectivity index (χ3v) is 3.72. The molecule has 0 aliphatic carbocycles. The van der Waals surface area contributed by atoms with E-state index in [1.54, 1.807) is 22.9 Å². The van der Waals surface area contributed by atoms with Gasteiger partial charge in [0.2, 0.25) is 0 Å². The third-order valence-electron chi connectivity index (χ3n) is 2.73. The van der Waals surface area contributed by atoms with Crippen LogP contribution in [0.1, 0.15) is 16.1 Å². The standard InChI is InChI=1S/C13H11ClINO3/c1-7-3-10(12(19-2)5-9(7)14)16-6-8(15)4-11(16)13(17)18/h3-6H,1-2H3,(H,17,18). The Labute approximate surface area is 129 Å². The molecule has 0 amide bonds. The van der Waals surface area contributed by atoms with Crippen LogP contribution in [0.15, 0.2) is 24.4 Å². The minimum Gasteiger partial charge on any atom is -0.495 e. The number of nitrogens with zero attached hydrogens (tertiary/aromatic N) is 1. The van der Waals surface area contributed by atoms with Gasteiger partial charge in [-0.1, -0.05) is 11.6 Å². The summed E-state index contributed by atoms with van der Waals surface area (Å²) in [5, 5.41) is 9.82. The van der Waals surface area contributed by atoms with Crippen LogP contribution in [0.2, 0.25) is 5.02 Å². The Bertz CT molecular complexity index is 652. The highest BCUT2D eigenvalue weighted by Crippen LogP contribution is 2.31. The number of halogens is 2. The van der Waals surface area contributed by atoms with Crippen molar-refractivity contribution in [1.82, 2.24) is 4.57 Å². The lowest BCUT2D eigenvalue weighted by molar-refractivity contribution is 0.0688. The number of benzene rings is 1. The Morgan fingerprint density at radius 3 is 2.68 bits per heavy atom. The van der Waals surface area contributed by atoms with E-state index in [0.29, 0.717) is 16.5 Å². The number of carboxylic acid groups (broad SMARTS) is 1. The van der Waals surface area contributed by atoms with E-state index < -0.39 is 5.97 Å². The van der Waals surface area contributed by atoms with Gasteiger partial charge in [0.25, 0.3) is 0 Å².